The van der Waals surface area contributed by atoms with Gasteiger partial charge in [-0.05, 0) is 42.2 Å². The second-order valence-corrected chi connectivity index (χ2v) is 7.69. The number of piperidine rings is 1. The highest BCUT2D eigenvalue weighted by Crippen LogP contribution is 2.41. The van der Waals surface area contributed by atoms with E-state index in [2.05, 4.69) is 37.4 Å². The molecule has 1 aromatic carbocycles. The highest BCUT2D eigenvalue weighted by Gasteiger charge is 2.35. The number of rotatable bonds is 2. The SMILES string of the molecule is CC1(C)CC[C@@H](NC(=O)[C@@H]2CCCN(C(N)=O)C2)c2ccccc21. The summed E-state index contributed by atoms with van der Waals surface area (Å²) in [6, 6.07) is 8.02. The van der Waals surface area contributed by atoms with Gasteiger partial charge in [0.05, 0.1) is 12.0 Å². The summed E-state index contributed by atoms with van der Waals surface area (Å²) in [5, 5.41) is 3.22. The third kappa shape index (κ3) is 3.25. The van der Waals surface area contributed by atoms with Crippen LogP contribution >= 0.6 is 0 Å². The first kappa shape index (κ1) is 16.8. The van der Waals surface area contributed by atoms with E-state index < -0.39 is 6.03 Å². The molecular weight excluding hydrogens is 302 g/mol. The maximum absolute atomic E-state index is 12.7. The van der Waals surface area contributed by atoms with Crippen LogP contribution in [0.3, 0.4) is 0 Å². The van der Waals surface area contributed by atoms with Crippen LogP contribution in [0.15, 0.2) is 24.3 Å². The number of nitrogens with one attached hydrogen (secondary N) is 1. The maximum Gasteiger partial charge on any atom is 0.314 e. The van der Waals surface area contributed by atoms with Crippen LogP contribution in [-0.4, -0.2) is 29.9 Å². The monoisotopic (exact) mass is 329 g/mol. The Bertz CT molecular complexity index is 641. The normalized spacial score (nSPS) is 25.7. The van der Waals surface area contributed by atoms with Gasteiger partial charge >= 0.3 is 6.03 Å². The van der Waals surface area contributed by atoms with Crippen LogP contribution in [-0.2, 0) is 10.2 Å². The Labute approximate surface area is 143 Å². The number of benzene rings is 1. The van der Waals surface area contributed by atoms with Crippen LogP contribution in [0.5, 0.6) is 0 Å². The minimum absolute atomic E-state index is 0.0421. The van der Waals surface area contributed by atoms with E-state index in [4.69, 9.17) is 5.73 Å². The van der Waals surface area contributed by atoms with Crippen molar-refractivity contribution in [1.82, 2.24) is 10.2 Å². The third-order valence-corrected chi connectivity index (χ3v) is 5.54. The summed E-state index contributed by atoms with van der Waals surface area (Å²) in [4.78, 5) is 25.7. The van der Waals surface area contributed by atoms with Crippen molar-refractivity contribution in [1.29, 1.82) is 0 Å². The minimum Gasteiger partial charge on any atom is -0.351 e. The fourth-order valence-corrected chi connectivity index (χ4v) is 4.04. The first-order chi connectivity index (χ1) is 11.4. The number of nitrogens with zero attached hydrogens (tertiary/aromatic N) is 1. The molecule has 5 nitrogen and oxygen atoms in total. The van der Waals surface area contributed by atoms with Crippen LogP contribution in [0.2, 0.25) is 0 Å². The van der Waals surface area contributed by atoms with Gasteiger partial charge in [0.1, 0.15) is 0 Å². The Morgan fingerprint density at radius 2 is 2.00 bits per heavy atom. The lowest BCUT2D eigenvalue weighted by molar-refractivity contribution is -0.127. The smallest absolute Gasteiger partial charge is 0.314 e. The molecule has 3 amide bonds. The van der Waals surface area contributed by atoms with E-state index in [-0.39, 0.29) is 23.3 Å². The lowest BCUT2D eigenvalue weighted by atomic mass is 9.71. The van der Waals surface area contributed by atoms with Crippen molar-refractivity contribution in [2.45, 2.75) is 51.0 Å². The van der Waals surface area contributed by atoms with Gasteiger partial charge in [0, 0.05) is 13.1 Å². The zero-order valence-corrected chi connectivity index (χ0v) is 14.5. The molecule has 0 aromatic heterocycles. The highest BCUT2D eigenvalue weighted by molar-refractivity contribution is 5.81. The van der Waals surface area contributed by atoms with Crippen molar-refractivity contribution in [3.63, 3.8) is 0 Å². The van der Waals surface area contributed by atoms with E-state index >= 15 is 0 Å². The van der Waals surface area contributed by atoms with Crippen molar-refractivity contribution in [2.24, 2.45) is 11.7 Å². The molecule has 0 radical (unpaired) electrons. The fourth-order valence-electron chi connectivity index (χ4n) is 4.04. The van der Waals surface area contributed by atoms with Gasteiger partial charge in [0.25, 0.3) is 0 Å². The first-order valence-corrected chi connectivity index (χ1v) is 8.82. The predicted molar refractivity (Wildman–Crippen MR) is 93.5 cm³/mol. The maximum atomic E-state index is 12.7. The van der Waals surface area contributed by atoms with Crippen LogP contribution in [0, 0.1) is 5.92 Å². The van der Waals surface area contributed by atoms with Crippen molar-refractivity contribution < 1.29 is 9.59 Å². The molecule has 0 bridgehead atoms. The van der Waals surface area contributed by atoms with Crippen LogP contribution in [0.4, 0.5) is 4.79 Å². The zero-order chi connectivity index (χ0) is 17.3. The van der Waals surface area contributed by atoms with Crippen molar-refractivity contribution in [2.75, 3.05) is 13.1 Å². The second-order valence-electron chi connectivity index (χ2n) is 7.69. The average molecular weight is 329 g/mol. The number of fused-ring (bicyclic) bond motifs is 1. The van der Waals surface area contributed by atoms with Crippen molar-refractivity contribution in [3.05, 3.63) is 35.4 Å². The molecule has 0 unspecified atom stereocenters. The molecule has 3 rings (SSSR count). The summed E-state index contributed by atoms with van der Waals surface area (Å²) in [5.41, 5.74) is 8.06. The molecule has 1 aliphatic carbocycles. The lowest BCUT2D eigenvalue weighted by Gasteiger charge is -2.38. The summed E-state index contributed by atoms with van der Waals surface area (Å²) in [5.74, 6) is -0.117. The molecule has 130 valence electrons. The van der Waals surface area contributed by atoms with Gasteiger partial charge < -0.3 is 16.0 Å². The van der Waals surface area contributed by atoms with Crippen LogP contribution in [0.1, 0.15) is 56.7 Å². The lowest BCUT2D eigenvalue weighted by Crippen LogP contribution is -2.48. The molecule has 24 heavy (non-hydrogen) atoms. The Morgan fingerprint density at radius 1 is 1.25 bits per heavy atom. The quantitative estimate of drug-likeness (QED) is 0.875. The first-order valence-electron chi connectivity index (χ1n) is 8.82. The second kappa shape index (κ2) is 6.46. The van der Waals surface area contributed by atoms with Gasteiger partial charge in [0.15, 0.2) is 0 Å². The van der Waals surface area contributed by atoms with Crippen LogP contribution < -0.4 is 11.1 Å². The average Bonchev–Trinajstić information content (AvgIpc) is 2.58. The molecule has 0 saturated carbocycles. The Morgan fingerprint density at radius 3 is 2.75 bits per heavy atom. The molecule has 1 aliphatic heterocycles. The zero-order valence-electron chi connectivity index (χ0n) is 14.5. The van der Waals surface area contributed by atoms with Gasteiger partial charge in [-0.1, -0.05) is 38.1 Å². The number of urea groups is 1. The summed E-state index contributed by atoms with van der Waals surface area (Å²) in [6.45, 7) is 5.60. The standard InChI is InChI=1S/C19H27N3O2/c1-19(2)10-9-16(14-7-3-4-8-15(14)19)21-17(23)13-6-5-11-22(12-13)18(20)24/h3-4,7-8,13,16H,5-6,9-12H2,1-2H3,(H2,20,24)(H,21,23)/t13-,16-/m1/s1. The Hall–Kier alpha value is -2.04. The number of amides is 3. The molecule has 5 heteroatoms. The van der Waals surface area contributed by atoms with Crippen molar-refractivity contribution >= 4 is 11.9 Å². The topological polar surface area (TPSA) is 75.4 Å². The van der Waals surface area contributed by atoms with E-state index in [1.807, 2.05) is 6.07 Å². The molecule has 1 fully saturated rings. The van der Waals surface area contributed by atoms with Gasteiger partial charge in [-0.2, -0.15) is 0 Å². The van der Waals surface area contributed by atoms with E-state index in [1.165, 1.54) is 11.1 Å². The van der Waals surface area contributed by atoms with E-state index in [0.29, 0.717) is 13.1 Å². The summed E-state index contributed by atoms with van der Waals surface area (Å²) in [7, 11) is 0. The number of nitrogens with two attached hydrogens (primary N) is 1. The number of carbonyl (C=O) groups excluding carboxylic acids is 2. The number of hydrogen-bond acceptors (Lipinski definition) is 2. The molecule has 1 saturated heterocycles. The Balaban J connectivity index is 1.72. The molecule has 2 atom stereocenters. The van der Waals surface area contributed by atoms with Gasteiger partial charge in [-0.15, -0.1) is 0 Å². The molecule has 3 N–H and O–H groups in total. The number of primary amides is 1. The predicted octanol–water partition coefficient (Wildman–Crippen LogP) is 2.71. The number of likely N-dealkylation sites (tertiary alicyclic amines) is 1. The number of hydrogen-bond donors (Lipinski definition) is 2. The number of carbonyl (C=O) groups is 2. The molecule has 2 aliphatic rings. The fraction of sp³-hybridized carbons (Fsp3) is 0.579. The molecule has 1 aromatic rings. The highest BCUT2D eigenvalue weighted by atomic mass is 16.2. The van der Waals surface area contributed by atoms with E-state index in [9.17, 15) is 9.59 Å². The van der Waals surface area contributed by atoms with E-state index in [0.717, 1.165) is 25.7 Å². The molecule has 1 heterocycles. The summed E-state index contributed by atoms with van der Waals surface area (Å²) >= 11 is 0. The summed E-state index contributed by atoms with van der Waals surface area (Å²) in [6.07, 6.45) is 3.64. The molecule has 0 spiro atoms. The van der Waals surface area contributed by atoms with Crippen molar-refractivity contribution in [3.8, 4) is 0 Å². The summed E-state index contributed by atoms with van der Waals surface area (Å²) < 4.78 is 0. The van der Waals surface area contributed by atoms with Gasteiger partial charge in [-0.3, -0.25) is 4.79 Å². The third-order valence-electron chi connectivity index (χ3n) is 5.54. The van der Waals surface area contributed by atoms with E-state index in [1.54, 1.807) is 4.90 Å². The largest absolute Gasteiger partial charge is 0.351 e. The van der Waals surface area contributed by atoms with Gasteiger partial charge in [0.2, 0.25) is 5.91 Å². The Kier molecular flexibility index (Phi) is 4.52. The molecular formula is C19H27N3O2. The van der Waals surface area contributed by atoms with Gasteiger partial charge in [-0.25, -0.2) is 4.79 Å². The van der Waals surface area contributed by atoms with Crippen LogP contribution in [0.25, 0.3) is 0 Å². The minimum atomic E-state index is -0.433.